The second-order valence-electron chi connectivity index (χ2n) is 6.66. The smallest absolute Gasteiger partial charge is 0.306 e. The lowest BCUT2D eigenvalue weighted by molar-refractivity contribution is -0.384. The van der Waals surface area contributed by atoms with Crippen LogP contribution in [0.2, 0.25) is 0 Å². The van der Waals surface area contributed by atoms with E-state index in [1.165, 1.54) is 37.5 Å². The molecule has 3 rings (SSSR count). The van der Waals surface area contributed by atoms with Gasteiger partial charge in [0.2, 0.25) is 0 Å². The molecule has 2 bridgehead atoms. The number of nitrogens with one attached hydrogen (secondary N) is 1. The molecule has 128 valence electrons. The lowest BCUT2D eigenvalue weighted by Crippen LogP contribution is -2.23. The zero-order valence-corrected chi connectivity index (χ0v) is 13.3. The second-order valence-corrected chi connectivity index (χ2v) is 6.66. The molecular formula is C17H20N2O5. The molecule has 2 fully saturated rings. The maximum atomic E-state index is 11.9. The third-order valence-corrected chi connectivity index (χ3v) is 5.02. The standard InChI is InChI=1S/C17H20N2O5/c20-16(18-14-2-1-3-15(9-14)19(22)23)10-24-17(21)8-13-7-11-4-5-12(13)6-11/h1-3,9,11-13H,4-8,10H2,(H,18,20)/t11-,12-,13+/m0/s1. The summed E-state index contributed by atoms with van der Waals surface area (Å²) >= 11 is 0. The van der Waals surface area contributed by atoms with Crippen LogP contribution in [0.4, 0.5) is 11.4 Å². The lowest BCUT2D eigenvalue weighted by atomic mass is 9.86. The van der Waals surface area contributed by atoms with E-state index in [0.29, 0.717) is 23.9 Å². The van der Waals surface area contributed by atoms with Crippen molar-refractivity contribution in [3.8, 4) is 0 Å². The van der Waals surface area contributed by atoms with Crippen LogP contribution >= 0.6 is 0 Å². The topological polar surface area (TPSA) is 98.5 Å². The minimum absolute atomic E-state index is 0.110. The molecule has 0 radical (unpaired) electrons. The van der Waals surface area contributed by atoms with Gasteiger partial charge in [-0.05, 0) is 43.1 Å². The maximum absolute atomic E-state index is 11.9. The van der Waals surface area contributed by atoms with Gasteiger partial charge in [0.25, 0.3) is 11.6 Å². The van der Waals surface area contributed by atoms with Gasteiger partial charge in [0.05, 0.1) is 4.92 Å². The molecule has 0 unspecified atom stereocenters. The van der Waals surface area contributed by atoms with Crippen molar-refractivity contribution in [2.45, 2.75) is 32.1 Å². The average Bonchev–Trinajstić information content (AvgIpc) is 3.16. The van der Waals surface area contributed by atoms with Gasteiger partial charge in [0.15, 0.2) is 6.61 Å². The number of carbonyl (C=O) groups is 2. The molecule has 2 aliphatic rings. The number of carbonyl (C=O) groups excluding carboxylic acids is 2. The van der Waals surface area contributed by atoms with Crippen molar-refractivity contribution in [3.05, 3.63) is 34.4 Å². The quantitative estimate of drug-likeness (QED) is 0.490. The van der Waals surface area contributed by atoms with Crippen LogP contribution in [0.1, 0.15) is 32.1 Å². The number of esters is 1. The number of hydrogen-bond acceptors (Lipinski definition) is 5. The van der Waals surface area contributed by atoms with E-state index in [1.807, 2.05) is 0 Å². The van der Waals surface area contributed by atoms with Gasteiger partial charge >= 0.3 is 5.97 Å². The third kappa shape index (κ3) is 3.90. The Bertz CT molecular complexity index is 660. The highest BCUT2D eigenvalue weighted by molar-refractivity contribution is 5.93. The summed E-state index contributed by atoms with van der Waals surface area (Å²) in [6.45, 7) is -0.373. The molecule has 1 N–H and O–H groups in total. The SMILES string of the molecule is O=C(COC(=O)C[C@H]1C[C@H]2CC[C@H]1C2)Nc1cccc([N+](=O)[O-])c1. The molecule has 0 aromatic heterocycles. The van der Waals surface area contributed by atoms with E-state index >= 15 is 0 Å². The van der Waals surface area contributed by atoms with E-state index < -0.39 is 10.8 Å². The van der Waals surface area contributed by atoms with E-state index in [9.17, 15) is 19.7 Å². The normalized spacial score (nSPS) is 24.6. The van der Waals surface area contributed by atoms with Crippen molar-refractivity contribution >= 4 is 23.3 Å². The Labute approximate surface area is 139 Å². The van der Waals surface area contributed by atoms with Crippen molar-refractivity contribution < 1.29 is 19.2 Å². The zero-order valence-electron chi connectivity index (χ0n) is 13.3. The summed E-state index contributed by atoms with van der Waals surface area (Å²) in [6.07, 6.45) is 5.19. The second kappa shape index (κ2) is 6.98. The van der Waals surface area contributed by atoms with Gasteiger partial charge in [-0.2, -0.15) is 0 Å². The Morgan fingerprint density at radius 2 is 2.12 bits per heavy atom. The van der Waals surface area contributed by atoms with Crippen LogP contribution in [0.5, 0.6) is 0 Å². The van der Waals surface area contributed by atoms with Crippen LogP contribution in [0.15, 0.2) is 24.3 Å². The number of fused-ring (bicyclic) bond motifs is 2. The summed E-state index contributed by atoms with van der Waals surface area (Å²) in [5.74, 6) is 0.959. The third-order valence-electron chi connectivity index (χ3n) is 5.02. The van der Waals surface area contributed by atoms with E-state index in [0.717, 1.165) is 12.3 Å². The Balaban J connectivity index is 1.43. The maximum Gasteiger partial charge on any atom is 0.306 e. The summed E-state index contributed by atoms with van der Waals surface area (Å²) in [4.78, 5) is 33.8. The van der Waals surface area contributed by atoms with Crippen LogP contribution in [0, 0.1) is 27.9 Å². The highest BCUT2D eigenvalue weighted by atomic mass is 16.6. The number of ether oxygens (including phenoxy) is 1. The molecule has 0 heterocycles. The van der Waals surface area contributed by atoms with Crippen molar-refractivity contribution in [3.63, 3.8) is 0 Å². The predicted molar refractivity (Wildman–Crippen MR) is 86.2 cm³/mol. The number of nitrogens with zero attached hydrogens (tertiary/aromatic N) is 1. The van der Waals surface area contributed by atoms with Crippen LogP contribution in [-0.4, -0.2) is 23.4 Å². The number of nitro groups is 1. The Morgan fingerprint density at radius 1 is 1.29 bits per heavy atom. The average molecular weight is 332 g/mol. The van der Waals surface area contributed by atoms with Crippen LogP contribution in [-0.2, 0) is 14.3 Å². The van der Waals surface area contributed by atoms with E-state index in [2.05, 4.69) is 5.32 Å². The van der Waals surface area contributed by atoms with Crippen molar-refractivity contribution in [1.82, 2.24) is 0 Å². The number of amides is 1. The molecule has 0 saturated heterocycles. The minimum Gasteiger partial charge on any atom is -0.456 e. The van der Waals surface area contributed by atoms with Gasteiger partial charge in [0, 0.05) is 24.2 Å². The van der Waals surface area contributed by atoms with Crippen molar-refractivity contribution in [2.75, 3.05) is 11.9 Å². The first kappa shape index (κ1) is 16.4. The molecule has 0 spiro atoms. The summed E-state index contributed by atoms with van der Waals surface area (Å²) in [5, 5.41) is 13.2. The largest absolute Gasteiger partial charge is 0.456 e. The molecule has 24 heavy (non-hydrogen) atoms. The first-order valence-corrected chi connectivity index (χ1v) is 8.21. The monoisotopic (exact) mass is 332 g/mol. The summed E-state index contributed by atoms with van der Waals surface area (Å²) in [5.41, 5.74) is 0.194. The Kier molecular flexibility index (Phi) is 4.78. The highest BCUT2D eigenvalue weighted by Gasteiger charge is 2.40. The Morgan fingerprint density at radius 3 is 2.79 bits per heavy atom. The van der Waals surface area contributed by atoms with Gasteiger partial charge in [-0.15, -0.1) is 0 Å². The van der Waals surface area contributed by atoms with Crippen molar-refractivity contribution in [1.29, 1.82) is 0 Å². The fourth-order valence-electron chi connectivity index (χ4n) is 3.94. The van der Waals surface area contributed by atoms with E-state index in [1.54, 1.807) is 6.07 Å². The molecule has 7 heteroatoms. The molecule has 1 aromatic rings. The molecule has 1 aromatic carbocycles. The molecule has 3 atom stereocenters. The fraction of sp³-hybridized carbons (Fsp3) is 0.529. The van der Waals surface area contributed by atoms with Gasteiger partial charge in [-0.25, -0.2) is 0 Å². The predicted octanol–water partition coefficient (Wildman–Crippen LogP) is 2.90. The molecule has 0 aliphatic heterocycles. The summed E-state index contributed by atoms with van der Waals surface area (Å²) in [7, 11) is 0. The molecule has 2 saturated carbocycles. The first-order chi connectivity index (χ1) is 11.5. The Hall–Kier alpha value is -2.44. The number of hydrogen-bond donors (Lipinski definition) is 1. The molecular weight excluding hydrogens is 312 g/mol. The highest BCUT2D eigenvalue weighted by Crippen LogP contribution is 2.49. The number of nitro benzene ring substituents is 1. The first-order valence-electron chi connectivity index (χ1n) is 8.21. The van der Waals surface area contributed by atoms with E-state index in [4.69, 9.17) is 4.74 Å². The van der Waals surface area contributed by atoms with Gasteiger partial charge < -0.3 is 10.1 Å². The molecule has 7 nitrogen and oxygen atoms in total. The number of rotatable bonds is 6. The fourth-order valence-corrected chi connectivity index (χ4v) is 3.94. The lowest BCUT2D eigenvalue weighted by Gasteiger charge is -2.20. The molecule has 2 aliphatic carbocycles. The van der Waals surface area contributed by atoms with Gasteiger partial charge in [0.1, 0.15) is 0 Å². The van der Waals surface area contributed by atoms with Crippen LogP contribution < -0.4 is 5.32 Å². The van der Waals surface area contributed by atoms with Crippen LogP contribution in [0.3, 0.4) is 0 Å². The minimum atomic E-state index is -0.537. The van der Waals surface area contributed by atoms with Crippen LogP contribution in [0.25, 0.3) is 0 Å². The van der Waals surface area contributed by atoms with Gasteiger partial charge in [-0.1, -0.05) is 12.5 Å². The number of benzene rings is 1. The van der Waals surface area contributed by atoms with E-state index in [-0.39, 0.29) is 18.3 Å². The number of anilines is 1. The zero-order chi connectivity index (χ0) is 17.1. The molecule has 1 amide bonds. The number of non-ortho nitro benzene ring substituents is 1. The van der Waals surface area contributed by atoms with Gasteiger partial charge in [-0.3, -0.25) is 19.7 Å². The summed E-state index contributed by atoms with van der Waals surface area (Å²) in [6, 6.07) is 5.62. The van der Waals surface area contributed by atoms with Crippen molar-refractivity contribution in [2.24, 2.45) is 17.8 Å². The summed E-state index contributed by atoms with van der Waals surface area (Å²) < 4.78 is 5.04.